The Morgan fingerprint density at radius 1 is 0.925 bits per heavy atom. The van der Waals surface area contributed by atoms with Gasteiger partial charge in [0.25, 0.3) is 0 Å². The molecule has 3 heterocycles. The molecule has 10 nitrogen and oxygen atoms in total. The molecule has 0 atom stereocenters. The number of carboxylic acids is 2. The van der Waals surface area contributed by atoms with Crippen LogP contribution in [-0.4, -0.2) is 77.7 Å². The molecule has 2 saturated heterocycles. The first kappa shape index (κ1) is 32.1. The number of amides is 1. The number of rotatable bonds is 5. The van der Waals surface area contributed by atoms with Gasteiger partial charge >= 0.3 is 24.3 Å². The van der Waals surface area contributed by atoms with Crippen molar-refractivity contribution in [3.8, 4) is 5.75 Å². The molecule has 2 aromatic rings. The standard InChI is InChI=1S/C20H24N4O2.2C2HF3O2/c25-20(15-13-24(14-15)17-2-1-9-22-12-17)23-16-3-5-18(6-4-16)26-19-7-10-21-11-8-19;2*3-2(4,5)1(6)7/h1-6,9,12,15,19,21H,7-8,10-11,13-14H2,(H,23,25);2*(H,6,7). The summed E-state index contributed by atoms with van der Waals surface area (Å²) >= 11 is 0. The van der Waals surface area contributed by atoms with E-state index in [2.05, 4.69) is 20.5 Å². The summed E-state index contributed by atoms with van der Waals surface area (Å²) in [5, 5.41) is 20.6. The van der Waals surface area contributed by atoms with E-state index in [1.807, 2.05) is 42.6 Å². The van der Waals surface area contributed by atoms with Crippen molar-refractivity contribution in [3.63, 3.8) is 0 Å². The number of hydrogen-bond donors (Lipinski definition) is 4. The van der Waals surface area contributed by atoms with Crippen LogP contribution in [0.25, 0.3) is 0 Å². The van der Waals surface area contributed by atoms with Crippen molar-refractivity contribution >= 4 is 29.2 Å². The van der Waals surface area contributed by atoms with Crippen LogP contribution >= 0.6 is 0 Å². The van der Waals surface area contributed by atoms with Crippen LogP contribution in [0.4, 0.5) is 37.7 Å². The lowest BCUT2D eigenvalue weighted by atomic mass is 9.98. The van der Waals surface area contributed by atoms with Gasteiger partial charge in [-0.25, -0.2) is 9.59 Å². The largest absolute Gasteiger partial charge is 0.490 e. The Bertz CT molecular complexity index is 1080. The average molecular weight is 580 g/mol. The van der Waals surface area contributed by atoms with Gasteiger partial charge in [0, 0.05) is 25.0 Å². The normalized spacial score (nSPS) is 15.8. The average Bonchev–Trinajstić information content (AvgIpc) is 2.85. The second kappa shape index (κ2) is 14.3. The van der Waals surface area contributed by atoms with Gasteiger partial charge in [-0.15, -0.1) is 0 Å². The highest BCUT2D eigenvalue weighted by atomic mass is 19.4. The number of aromatic nitrogens is 1. The number of alkyl halides is 6. The minimum absolute atomic E-state index is 0.0147. The second-order valence-electron chi connectivity index (χ2n) is 8.50. The number of piperidine rings is 1. The van der Waals surface area contributed by atoms with Crippen LogP contribution in [0.1, 0.15) is 12.8 Å². The molecular weight excluding hydrogens is 554 g/mol. The summed E-state index contributed by atoms with van der Waals surface area (Å²) in [7, 11) is 0. The fraction of sp³-hybridized carbons (Fsp3) is 0.417. The SMILES string of the molecule is O=C(Nc1ccc(OC2CCNCC2)cc1)C1CN(c2cccnc2)C1.O=C(O)C(F)(F)F.O=C(O)C(F)(F)F. The molecule has 0 aliphatic carbocycles. The van der Waals surface area contributed by atoms with Gasteiger partial charge in [0.05, 0.1) is 17.8 Å². The smallest absolute Gasteiger partial charge is 0.490 e. The number of nitrogens with zero attached hydrogens (tertiary/aromatic N) is 2. The van der Waals surface area contributed by atoms with Gasteiger partial charge in [-0.05, 0) is 62.3 Å². The van der Waals surface area contributed by atoms with Crippen molar-refractivity contribution in [3.05, 3.63) is 48.8 Å². The maximum atomic E-state index is 12.4. The van der Waals surface area contributed by atoms with Crippen molar-refractivity contribution in [2.24, 2.45) is 5.92 Å². The maximum absolute atomic E-state index is 12.4. The molecule has 0 saturated carbocycles. The topological polar surface area (TPSA) is 141 Å². The Balaban J connectivity index is 0.000000333. The molecule has 0 unspecified atom stereocenters. The lowest BCUT2D eigenvalue weighted by Gasteiger charge is -2.39. The van der Waals surface area contributed by atoms with Crippen molar-refractivity contribution < 1.29 is 55.7 Å². The molecule has 0 bridgehead atoms. The van der Waals surface area contributed by atoms with Crippen LogP contribution in [-0.2, 0) is 14.4 Å². The first-order chi connectivity index (χ1) is 18.7. The van der Waals surface area contributed by atoms with Crippen molar-refractivity contribution in [2.45, 2.75) is 31.3 Å². The van der Waals surface area contributed by atoms with Gasteiger partial charge < -0.3 is 30.5 Å². The van der Waals surface area contributed by atoms with E-state index in [-0.39, 0.29) is 17.9 Å². The van der Waals surface area contributed by atoms with Crippen molar-refractivity contribution in [1.29, 1.82) is 0 Å². The van der Waals surface area contributed by atoms with Gasteiger partial charge in [-0.3, -0.25) is 9.78 Å². The predicted octanol–water partition coefficient (Wildman–Crippen LogP) is 3.55. The molecular formula is C24H26F6N4O6. The number of pyridine rings is 1. The van der Waals surface area contributed by atoms with Crippen LogP contribution in [0.5, 0.6) is 5.75 Å². The minimum atomic E-state index is -5.08. The van der Waals surface area contributed by atoms with E-state index in [1.54, 1.807) is 6.20 Å². The number of nitrogens with one attached hydrogen (secondary N) is 2. The quantitative estimate of drug-likeness (QED) is 0.391. The number of hydrogen-bond acceptors (Lipinski definition) is 7. The van der Waals surface area contributed by atoms with Gasteiger partial charge in [-0.2, -0.15) is 26.3 Å². The highest BCUT2D eigenvalue weighted by molar-refractivity contribution is 5.94. The third kappa shape index (κ3) is 11.0. The van der Waals surface area contributed by atoms with Crippen LogP contribution in [0.3, 0.4) is 0 Å². The predicted molar refractivity (Wildman–Crippen MR) is 129 cm³/mol. The summed E-state index contributed by atoms with van der Waals surface area (Å²) in [6, 6.07) is 11.6. The third-order valence-corrected chi connectivity index (χ3v) is 5.46. The summed E-state index contributed by atoms with van der Waals surface area (Å²) < 4.78 is 69.5. The highest BCUT2D eigenvalue weighted by Crippen LogP contribution is 2.25. The lowest BCUT2D eigenvalue weighted by Crippen LogP contribution is -2.52. The molecule has 0 radical (unpaired) electrons. The van der Waals surface area contributed by atoms with Crippen LogP contribution < -0.4 is 20.3 Å². The summed E-state index contributed by atoms with van der Waals surface area (Å²) in [4.78, 5) is 36.5. The summed E-state index contributed by atoms with van der Waals surface area (Å²) in [6.45, 7) is 3.48. The molecule has 1 aromatic heterocycles. The maximum Gasteiger partial charge on any atom is 0.490 e. The number of carbonyl (C=O) groups is 3. The number of aliphatic carboxylic acids is 2. The highest BCUT2D eigenvalue weighted by Gasteiger charge is 2.39. The molecule has 2 aliphatic heterocycles. The van der Waals surface area contributed by atoms with Crippen LogP contribution in [0.15, 0.2) is 48.8 Å². The molecule has 4 N–H and O–H groups in total. The molecule has 1 aromatic carbocycles. The monoisotopic (exact) mass is 580 g/mol. The summed E-state index contributed by atoms with van der Waals surface area (Å²) in [5.74, 6) is -4.57. The van der Waals surface area contributed by atoms with E-state index in [1.165, 1.54) is 0 Å². The zero-order chi connectivity index (χ0) is 29.9. The van der Waals surface area contributed by atoms with Gasteiger partial charge in [0.1, 0.15) is 11.9 Å². The van der Waals surface area contributed by atoms with E-state index in [4.69, 9.17) is 24.5 Å². The van der Waals surface area contributed by atoms with E-state index >= 15 is 0 Å². The number of anilines is 2. The van der Waals surface area contributed by atoms with Crippen molar-refractivity contribution in [1.82, 2.24) is 10.3 Å². The number of carboxylic acid groups (broad SMARTS) is 2. The lowest BCUT2D eigenvalue weighted by molar-refractivity contribution is -0.193. The van der Waals surface area contributed by atoms with E-state index in [9.17, 15) is 31.1 Å². The molecule has 220 valence electrons. The van der Waals surface area contributed by atoms with Crippen LogP contribution in [0.2, 0.25) is 0 Å². The number of benzene rings is 1. The molecule has 2 aliphatic rings. The number of ether oxygens (including phenoxy) is 1. The molecule has 16 heteroatoms. The zero-order valence-corrected chi connectivity index (χ0v) is 20.7. The Labute approximate surface area is 223 Å². The Kier molecular flexibility index (Phi) is 11.5. The van der Waals surface area contributed by atoms with Crippen LogP contribution in [0, 0.1) is 5.92 Å². The third-order valence-electron chi connectivity index (χ3n) is 5.46. The fourth-order valence-electron chi connectivity index (χ4n) is 3.36. The molecule has 2 fully saturated rings. The van der Waals surface area contributed by atoms with E-state index in [0.717, 1.165) is 56.1 Å². The number of carbonyl (C=O) groups excluding carboxylic acids is 1. The van der Waals surface area contributed by atoms with Crippen molar-refractivity contribution in [2.75, 3.05) is 36.4 Å². The van der Waals surface area contributed by atoms with Gasteiger partial charge in [-0.1, -0.05) is 0 Å². The Morgan fingerprint density at radius 2 is 1.45 bits per heavy atom. The Morgan fingerprint density at radius 3 is 1.90 bits per heavy atom. The fourth-order valence-corrected chi connectivity index (χ4v) is 3.36. The van der Waals surface area contributed by atoms with E-state index in [0.29, 0.717) is 0 Å². The Hall–Kier alpha value is -4.08. The molecule has 1 amide bonds. The van der Waals surface area contributed by atoms with E-state index < -0.39 is 24.3 Å². The summed E-state index contributed by atoms with van der Waals surface area (Å²) in [6.07, 6.45) is -4.23. The first-order valence-corrected chi connectivity index (χ1v) is 11.7. The molecule has 40 heavy (non-hydrogen) atoms. The number of halogens is 6. The second-order valence-corrected chi connectivity index (χ2v) is 8.50. The van der Waals surface area contributed by atoms with Gasteiger partial charge in [0.2, 0.25) is 5.91 Å². The zero-order valence-electron chi connectivity index (χ0n) is 20.7. The molecule has 4 rings (SSSR count). The minimum Gasteiger partial charge on any atom is -0.490 e. The van der Waals surface area contributed by atoms with Gasteiger partial charge in [0.15, 0.2) is 0 Å². The first-order valence-electron chi connectivity index (χ1n) is 11.7. The summed E-state index contributed by atoms with van der Waals surface area (Å²) in [5.41, 5.74) is 1.88. The molecule has 0 spiro atoms.